The van der Waals surface area contributed by atoms with Crippen molar-refractivity contribution in [2.24, 2.45) is 0 Å². The number of nitrogens with one attached hydrogen (secondary N) is 2. The molecule has 0 atom stereocenters. The Morgan fingerprint density at radius 2 is 2.56 bits per heavy atom. The van der Waals surface area contributed by atoms with Crippen LogP contribution in [0.3, 0.4) is 0 Å². The Balaban J connectivity index is 1.72. The van der Waals surface area contributed by atoms with Gasteiger partial charge < -0.3 is 15.2 Å². The van der Waals surface area contributed by atoms with E-state index in [1.165, 1.54) is 11.8 Å². The van der Waals surface area contributed by atoms with Gasteiger partial charge in [0.15, 0.2) is 5.69 Å². The second-order valence-electron chi connectivity index (χ2n) is 3.71. The molecule has 0 fully saturated rings. The zero-order valence-corrected chi connectivity index (χ0v) is 9.03. The number of carbonyl (C=O) groups excluding carboxylic acids is 1. The third-order valence-electron chi connectivity index (χ3n) is 2.56. The molecule has 1 amide bonds. The highest BCUT2D eigenvalue weighted by atomic mass is 16.5. The average Bonchev–Trinajstić information content (AvgIpc) is 2.84. The Morgan fingerprint density at radius 1 is 1.62 bits per heavy atom. The van der Waals surface area contributed by atoms with Gasteiger partial charge in [0.2, 0.25) is 0 Å². The van der Waals surface area contributed by atoms with Gasteiger partial charge in [0.25, 0.3) is 5.91 Å². The minimum atomic E-state index is -0.178. The summed E-state index contributed by atoms with van der Waals surface area (Å²) < 4.78 is 4.60. The molecule has 0 radical (unpaired) electrons. The van der Waals surface area contributed by atoms with Gasteiger partial charge in [0, 0.05) is 19.2 Å². The molecule has 5 nitrogen and oxygen atoms in total. The summed E-state index contributed by atoms with van der Waals surface area (Å²) in [6, 6.07) is 1.55. The van der Waals surface area contributed by atoms with Crippen molar-refractivity contribution in [1.29, 1.82) is 0 Å². The van der Waals surface area contributed by atoms with E-state index < -0.39 is 0 Å². The van der Waals surface area contributed by atoms with E-state index >= 15 is 0 Å². The standard InChI is InChI=1S/C11H15N3O2/c15-11(10-4-8-16-14-10)13-7-3-9-1-5-12-6-2-9/h1,4,8,12H,2-3,5-7H2,(H,13,15). The maximum Gasteiger partial charge on any atom is 0.273 e. The molecule has 0 bridgehead atoms. The van der Waals surface area contributed by atoms with E-state index in [1.807, 2.05) is 0 Å². The monoisotopic (exact) mass is 221 g/mol. The van der Waals surface area contributed by atoms with Crippen LogP contribution in [0.4, 0.5) is 0 Å². The van der Waals surface area contributed by atoms with Gasteiger partial charge in [-0.1, -0.05) is 16.8 Å². The van der Waals surface area contributed by atoms with Crippen LogP contribution in [-0.2, 0) is 0 Å². The van der Waals surface area contributed by atoms with Crippen LogP contribution < -0.4 is 10.6 Å². The lowest BCUT2D eigenvalue weighted by atomic mass is 10.1. The van der Waals surface area contributed by atoms with Crippen molar-refractivity contribution in [3.05, 3.63) is 29.7 Å². The molecule has 1 aliphatic heterocycles. The molecule has 1 aromatic heterocycles. The van der Waals surface area contributed by atoms with Crippen LogP contribution in [0.5, 0.6) is 0 Å². The topological polar surface area (TPSA) is 67.2 Å². The van der Waals surface area contributed by atoms with Crippen molar-refractivity contribution < 1.29 is 9.32 Å². The lowest BCUT2D eigenvalue weighted by molar-refractivity contribution is 0.0945. The normalized spacial score (nSPS) is 15.6. The number of nitrogens with zero attached hydrogens (tertiary/aromatic N) is 1. The molecule has 86 valence electrons. The summed E-state index contributed by atoms with van der Waals surface area (Å²) in [7, 11) is 0. The molecule has 0 unspecified atom stereocenters. The molecule has 0 aliphatic carbocycles. The molecule has 16 heavy (non-hydrogen) atoms. The number of aromatic nitrogens is 1. The van der Waals surface area contributed by atoms with Gasteiger partial charge in [-0.3, -0.25) is 4.79 Å². The summed E-state index contributed by atoms with van der Waals surface area (Å²) >= 11 is 0. The van der Waals surface area contributed by atoms with E-state index in [0.29, 0.717) is 12.2 Å². The van der Waals surface area contributed by atoms with Crippen LogP contribution in [0.15, 0.2) is 28.5 Å². The van der Waals surface area contributed by atoms with Crippen molar-refractivity contribution in [1.82, 2.24) is 15.8 Å². The number of amides is 1. The number of rotatable bonds is 4. The highest BCUT2D eigenvalue weighted by molar-refractivity contribution is 5.91. The van der Waals surface area contributed by atoms with E-state index in [1.54, 1.807) is 6.07 Å². The molecule has 0 saturated carbocycles. The van der Waals surface area contributed by atoms with Gasteiger partial charge in [-0.15, -0.1) is 0 Å². The molecule has 0 aromatic carbocycles. The van der Waals surface area contributed by atoms with E-state index in [4.69, 9.17) is 0 Å². The summed E-state index contributed by atoms with van der Waals surface area (Å²) in [4.78, 5) is 11.5. The summed E-state index contributed by atoms with van der Waals surface area (Å²) in [5.74, 6) is -0.178. The van der Waals surface area contributed by atoms with Crippen LogP contribution in [0.25, 0.3) is 0 Å². The summed E-state index contributed by atoms with van der Waals surface area (Å²) in [6.07, 6.45) is 5.56. The highest BCUT2D eigenvalue weighted by Gasteiger charge is 2.08. The molecule has 2 rings (SSSR count). The lowest BCUT2D eigenvalue weighted by Gasteiger charge is -2.13. The predicted octanol–water partition coefficient (Wildman–Crippen LogP) is 0.714. The summed E-state index contributed by atoms with van der Waals surface area (Å²) in [5, 5.41) is 9.63. The first kappa shape index (κ1) is 10.9. The minimum Gasteiger partial charge on any atom is -0.364 e. The Hall–Kier alpha value is -1.62. The van der Waals surface area contributed by atoms with Crippen LogP contribution in [-0.4, -0.2) is 30.7 Å². The second-order valence-corrected chi connectivity index (χ2v) is 3.71. The third kappa shape index (κ3) is 2.93. The van der Waals surface area contributed by atoms with E-state index in [2.05, 4.69) is 26.4 Å². The number of hydrogen-bond donors (Lipinski definition) is 2. The maximum atomic E-state index is 11.5. The maximum absolute atomic E-state index is 11.5. The molecule has 2 heterocycles. The zero-order chi connectivity index (χ0) is 11.2. The van der Waals surface area contributed by atoms with Crippen molar-refractivity contribution in [3.63, 3.8) is 0 Å². The lowest BCUT2D eigenvalue weighted by Crippen LogP contribution is -2.26. The SMILES string of the molecule is O=C(NCCC1=CCNCC1)c1ccon1. The third-order valence-corrected chi connectivity index (χ3v) is 2.56. The average molecular weight is 221 g/mol. The molecule has 1 aliphatic rings. The Bertz CT molecular complexity index is 371. The quantitative estimate of drug-likeness (QED) is 0.735. The zero-order valence-electron chi connectivity index (χ0n) is 9.03. The van der Waals surface area contributed by atoms with Crippen LogP contribution in [0.2, 0.25) is 0 Å². The first-order valence-electron chi connectivity index (χ1n) is 5.43. The van der Waals surface area contributed by atoms with Crippen LogP contribution in [0.1, 0.15) is 23.3 Å². The Labute approximate surface area is 93.9 Å². The molecular weight excluding hydrogens is 206 g/mol. The minimum absolute atomic E-state index is 0.178. The Kier molecular flexibility index (Phi) is 3.71. The molecular formula is C11H15N3O2. The van der Waals surface area contributed by atoms with E-state index in [-0.39, 0.29) is 5.91 Å². The molecule has 0 saturated heterocycles. The van der Waals surface area contributed by atoms with Gasteiger partial charge in [-0.25, -0.2) is 0 Å². The fourth-order valence-electron chi connectivity index (χ4n) is 1.65. The molecule has 0 spiro atoms. The number of hydrogen-bond acceptors (Lipinski definition) is 4. The van der Waals surface area contributed by atoms with Crippen LogP contribution >= 0.6 is 0 Å². The number of carbonyl (C=O) groups is 1. The van der Waals surface area contributed by atoms with Gasteiger partial charge in [0.1, 0.15) is 6.26 Å². The van der Waals surface area contributed by atoms with Gasteiger partial charge in [-0.2, -0.15) is 0 Å². The summed E-state index contributed by atoms with van der Waals surface area (Å²) in [6.45, 7) is 2.62. The fraction of sp³-hybridized carbons (Fsp3) is 0.455. The molecule has 2 N–H and O–H groups in total. The van der Waals surface area contributed by atoms with E-state index in [9.17, 15) is 4.79 Å². The van der Waals surface area contributed by atoms with Crippen molar-refractivity contribution in [3.8, 4) is 0 Å². The smallest absolute Gasteiger partial charge is 0.273 e. The van der Waals surface area contributed by atoms with Gasteiger partial charge in [-0.05, 0) is 19.4 Å². The Morgan fingerprint density at radius 3 is 3.25 bits per heavy atom. The molecule has 1 aromatic rings. The van der Waals surface area contributed by atoms with E-state index in [0.717, 1.165) is 25.9 Å². The second kappa shape index (κ2) is 5.46. The van der Waals surface area contributed by atoms with Crippen LogP contribution in [0, 0.1) is 0 Å². The van der Waals surface area contributed by atoms with Crippen molar-refractivity contribution >= 4 is 5.91 Å². The molecule has 5 heteroatoms. The summed E-state index contributed by atoms with van der Waals surface area (Å²) in [5.41, 5.74) is 1.73. The first-order valence-corrected chi connectivity index (χ1v) is 5.43. The van der Waals surface area contributed by atoms with Crippen molar-refractivity contribution in [2.45, 2.75) is 12.8 Å². The van der Waals surface area contributed by atoms with Crippen molar-refractivity contribution in [2.75, 3.05) is 19.6 Å². The van der Waals surface area contributed by atoms with Gasteiger partial charge >= 0.3 is 0 Å². The largest absolute Gasteiger partial charge is 0.364 e. The fourth-order valence-corrected chi connectivity index (χ4v) is 1.65. The predicted molar refractivity (Wildman–Crippen MR) is 59.0 cm³/mol. The van der Waals surface area contributed by atoms with Gasteiger partial charge in [0.05, 0.1) is 0 Å². The first-order chi connectivity index (χ1) is 7.86. The highest BCUT2D eigenvalue weighted by Crippen LogP contribution is 2.07.